The molecule has 0 N–H and O–H groups in total. The Bertz CT molecular complexity index is 817. The van der Waals surface area contributed by atoms with E-state index in [1.807, 2.05) is 40.1 Å². The fourth-order valence-electron chi connectivity index (χ4n) is 3.51. The molecule has 0 radical (unpaired) electrons. The molecule has 0 aliphatic carbocycles. The number of carbonyl (C=O) groups is 1. The van der Waals surface area contributed by atoms with Crippen LogP contribution in [0.3, 0.4) is 0 Å². The summed E-state index contributed by atoms with van der Waals surface area (Å²) in [7, 11) is 0. The number of hydrogen-bond acceptors (Lipinski definition) is 3. The lowest BCUT2D eigenvalue weighted by molar-refractivity contribution is -0.132. The molecule has 150 valence electrons. The van der Waals surface area contributed by atoms with Crippen LogP contribution in [0.5, 0.6) is 0 Å². The number of rotatable bonds is 7. The van der Waals surface area contributed by atoms with E-state index < -0.39 is 0 Å². The normalized spacial score (nSPS) is 16.9. The molecule has 3 nitrogen and oxygen atoms in total. The lowest BCUT2D eigenvalue weighted by Crippen LogP contribution is -2.41. The molecule has 1 saturated heterocycles. The molecule has 1 amide bonds. The second-order valence-electron chi connectivity index (χ2n) is 7.49. The van der Waals surface area contributed by atoms with Crippen LogP contribution in [0.15, 0.2) is 48.5 Å². The second kappa shape index (κ2) is 9.77. The molecular formula is C22H26ClFN2OS. The van der Waals surface area contributed by atoms with Crippen molar-refractivity contribution < 1.29 is 9.18 Å². The zero-order valence-corrected chi connectivity index (χ0v) is 17.8. The van der Waals surface area contributed by atoms with Crippen molar-refractivity contribution in [2.75, 3.05) is 25.4 Å². The van der Waals surface area contributed by atoms with Gasteiger partial charge in [0, 0.05) is 41.5 Å². The highest BCUT2D eigenvalue weighted by Crippen LogP contribution is 2.40. The van der Waals surface area contributed by atoms with E-state index >= 15 is 0 Å². The minimum Gasteiger partial charge on any atom is -0.325 e. The summed E-state index contributed by atoms with van der Waals surface area (Å²) in [6.07, 6.45) is 0. The number of nitrogens with zero attached hydrogens (tertiary/aromatic N) is 2. The standard InChI is InChI=1S/C22H26ClFN2OS/c1-16(2)13-25(14-17-7-3-6-10-20(17)24)15-21(27)26-11-12-28-22(26)18-8-4-5-9-19(18)23/h3-10,16,22H,11-15H2,1-2H3/t22-/m1/s1. The van der Waals surface area contributed by atoms with Crippen LogP contribution in [0.25, 0.3) is 0 Å². The highest BCUT2D eigenvalue weighted by atomic mass is 35.5. The largest absolute Gasteiger partial charge is 0.325 e. The lowest BCUT2D eigenvalue weighted by Gasteiger charge is -2.29. The molecule has 0 aromatic heterocycles. The SMILES string of the molecule is CC(C)CN(CC(=O)N1CCS[C@@H]1c1ccccc1Cl)Cc1ccccc1F. The van der Waals surface area contributed by atoms with Crippen LogP contribution in [0.1, 0.15) is 30.3 Å². The van der Waals surface area contributed by atoms with Gasteiger partial charge in [-0.2, -0.15) is 0 Å². The Hall–Kier alpha value is -1.56. The number of thioether (sulfide) groups is 1. The summed E-state index contributed by atoms with van der Waals surface area (Å²) >= 11 is 8.11. The molecule has 3 rings (SSSR count). The Kier molecular flexibility index (Phi) is 7.38. The maximum Gasteiger partial charge on any atom is 0.237 e. The van der Waals surface area contributed by atoms with E-state index in [1.165, 1.54) is 6.07 Å². The van der Waals surface area contributed by atoms with Gasteiger partial charge >= 0.3 is 0 Å². The van der Waals surface area contributed by atoms with Gasteiger partial charge in [0.25, 0.3) is 0 Å². The first-order valence-corrected chi connectivity index (χ1v) is 11.0. The van der Waals surface area contributed by atoms with Crippen molar-refractivity contribution in [2.24, 2.45) is 5.92 Å². The fourth-order valence-corrected chi connectivity index (χ4v) is 5.13. The van der Waals surface area contributed by atoms with Crippen molar-refractivity contribution in [2.45, 2.75) is 25.8 Å². The summed E-state index contributed by atoms with van der Waals surface area (Å²) in [4.78, 5) is 17.1. The van der Waals surface area contributed by atoms with Crippen LogP contribution in [0.4, 0.5) is 4.39 Å². The third kappa shape index (κ3) is 5.28. The number of hydrogen-bond donors (Lipinski definition) is 0. The average molecular weight is 421 g/mol. The van der Waals surface area contributed by atoms with Gasteiger partial charge in [-0.1, -0.05) is 61.8 Å². The van der Waals surface area contributed by atoms with Crippen LogP contribution >= 0.6 is 23.4 Å². The fraction of sp³-hybridized carbons (Fsp3) is 0.409. The maximum atomic E-state index is 14.1. The molecule has 2 aromatic carbocycles. The van der Waals surface area contributed by atoms with Crippen molar-refractivity contribution in [3.05, 3.63) is 70.5 Å². The van der Waals surface area contributed by atoms with Gasteiger partial charge in [-0.05, 0) is 18.1 Å². The average Bonchev–Trinajstić information content (AvgIpc) is 3.13. The predicted octanol–water partition coefficient (Wildman–Crippen LogP) is 5.21. The van der Waals surface area contributed by atoms with Crippen molar-refractivity contribution in [3.63, 3.8) is 0 Å². The quantitative estimate of drug-likeness (QED) is 0.614. The minimum absolute atomic E-state index is 0.0597. The molecule has 0 spiro atoms. The molecule has 6 heteroatoms. The Labute approximate surface area is 175 Å². The van der Waals surface area contributed by atoms with Gasteiger partial charge in [0.1, 0.15) is 11.2 Å². The molecule has 1 fully saturated rings. The van der Waals surface area contributed by atoms with Crippen LogP contribution < -0.4 is 0 Å². The molecule has 1 atom stereocenters. The molecule has 0 saturated carbocycles. The summed E-state index contributed by atoms with van der Waals surface area (Å²) in [6.45, 7) is 6.35. The van der Waals surface area contributed by atoms with Crippen LogP contribution in [0, 0.1) is 11.7 Å². The molecule has 1 aliphatic rings. The summed E-state index contributed by atoms with van der Waals surface area (Å²) in [5.74, 6) is 1.10. The van der Waals surface area contributed by atoms with E-state index in [-0.39, 0.29) is 23.6 Å². The third-order valence-electron chi connectivity index (χ3n) is 4.72. The number of amides is 1. The molecule has 1 aliphatic heterocycles. The Morgan fingerprint density at radius 2 is 1.96 bits per heavy atom. The van der Waals surface area contributed by atoms with Gasteiger partial charge in [-0.3, -0.25) is 9.69 Å². The van der Waals surface area contributed by atoms with Crippen LogP contribution in [-0.4, -0.2) is 41.1 Å². The van der Waals surface area contributed by atoms with E-state index in [0.29, 0.717) is 29.6 Å². The zero-order chi connectivity index (χ0) is 20.1. The molecule has 1 heterocycles. The number of benzene rings is 2. The maximum absolute atomic E-state index is 14.1. The van der Waals surface area contributed by atoms with Crippen molar-refractivity contribution in [1.29, 1.82) is 0 Å². The van der Waals surface area contributed by atoms with E-state index in [0.717, 1.165) is 17.9 Å². The van der Waals surface area contributed by atoms with Crippen molar-refractivity contribution in [3.8, 4) is 0 Å². The lowest BCUT2D eigenvalue weighted by atomic mass is 10.1. The molecule has 0 unspecified atom stereocenters. The van der Waals surface area contributed by atoms with E-state index in [4.69, 9.17) is 11.6 Å². The Morgan fingerprint density at radius 1 is 1.25 bits per heavy atom. The van der Waals surface area contributed by atoms with Crippen molar-refractivity contribution >= 4 is 29.3 Å². The Morgan fingerprint density at radius 3 is 2.68 bits per heavy atom. The highest BCUT2D eigenvalue weighted by Gasteiger charge is 2.32. The van der Waals surface area contributed by atoms with E-state index in [9.17, 15) is 9.18 Å². The smallest absolute Gasteiger partial charge is 0.237 e. The van der Waals surface area contributed by atoms with E-state index in [1.54, 1.807) is 23.9 Å². The summed E-state index contributed by atoms with van der Waals surface area (Å²) in [5, 5.41) is 0.626. The molecule has 28 heavy (non-hydrogen) atoms. The van der Waals surface area contributed by atoms with Gasteiger partial charge in [0.05, 0.1) is 6.54 Å². The topological polar surface area (TPSA) is 23.6 Å². The Balaban J connectivity index is 1.73. The molecular weight excluding hydrogens is 395 g/mol. The second-order valence-corrected chi connectivity index (χ2v) is 9.08. The predicted molar refractivity (Wildman–Crippen MR) is 115 cm³/mol. The highest BCUT2D eigenvalue weighted by molar-refractivity contribution is 7.99. The number of carbonyl (C=O) groups excluding carboxylic acids is 1. The molecule has 2 aromatic rings. The van der Waals surface area contributed by atoms with E-state index in [2.05, 4.69) is 13.8 Å². The van der Waals surface area contributed by atoms with Crippen LogP contribution in [0.2, 0.25) is 5.02 Å². The zero-order valence-electron chi connectivity index (χ0n) is 16.3. The number of halogens is 2. The van der Waals surface area contributed by atoms with Gasteiger partial charge in [0.2, 0.25) is 5.91 Å². The minimum atomic E-state index is -0.227. The first-order chi connectivity index (χ1) is 13.5. The first kappa shape index (κ1) is 21.2. The van der Waals surface area contributed by atoms with Crippen molar-refractivity contribution in [1.82, 2.24) is 9.80 Å². The molecule has 0 bridgehead atoms. The summed E-state index contributed by atoms with van der Waals surface area (Å²) in [6, 6.07) is 14.5. The monoisotopic (exact) mass is 420 g/mol. The summed E-state index contributed by atoms with van der Waals surface area (Å²) < 4.78 is 14.1. The van der Waals surface area contributed by atoms with Gasteiger partial charge < -0.3 is 4.90 Å². The van der Waals surface area contributed by atoms with Gasteiger partial charge in [-0.15, -0.1) is 11.8 Å². The van der Waals surface area contributed by atoms with Crippen LogP contribution in [-0.2, 0) is 11.3 Å². The third-order valence-corrected chi connectivity index (χ3v) is 6.30. The van der Waals surface area contributed by atoms with Gasteiger partial charge in [-0.25, -0.2) is 4.39 Å². The first-order valence-electron chi connectivity index (χ1n) is 9.57. The van der Waals surface area contributed by atoms with Gasteiger partial charge in [0.15, 0.2) is 0 Å². The summed E-state index contributed by atoms with van der Waals surface area (Å²) in [5.41, 5.74) is 1.60.